The molecule has 21 heavy (non-hydrogen) atoms. The summed E-state index contributed by atoms with van der Waals surface area (Å²) in [7, 11) is 1.53. The van der Waals surface area contributed by atoms with Gasteiger partial charge in [-0.05, 0) is 12.1 Å². The predicted molar refractivity (Wildman–Crippen MR) is 75.8 cm³/mol. The summed E-state index contributed by atoms with van der Waals surface area (Å²) in [4.78, 5) is 24.4. The topological polar surface area (TPSA) is 87.1 Å². The molecule has 0 unspecified atom stereocenters. The number of benzene rings is 1. The molecule has 0 radical (unpaired) electrons. The maximum absolute atomic E-state index is 12.1. The molecule has 1 aromatic rings. The second-order valence-corrected chi connectivity index (χ2v) is 4.81. The van der Waals surface area contributed by atoms with Crippen molar-refractivity contribution in [3.63, 3.8) is 0 Å². The summed E-state index contributed by atoms with van der Waals surface area (Å²) >= 11 is 0. The second-order valence-electron chi connectivity index (χ2n) is 4.81. The number of β-amino-alcohol motifs (C(OH)–C–C–N with tert-alkyl or cyclic N) is 1. The minimum absolute atomic E-state index is 0.0338. The molecule has 6 heteroatoms. The Labute approximate surface area is 122 Å². The molecule has 0 bridgehead atoms. The van der Waals surface area contributed by atoms with Crippen LogP contribution in [-0.2, 0) is 9.59 Å². The fourth-order valence-electron chi connectivity index (χ4n) is 2.35. The number of hydrogen-bond acceptors (Lipinski definition) is 4. The van der Waals surface area contributed by atoms with E-state index in [0.29, 0.717) is 5.75 Å². The molecule has 112 valence electrons. The van der Waals surface area contributed by atoms with Gasteiger partial charge in [-0.25, -0.2) is 4.79 Å². The lowest BCUT2D eigenvalue weighted by molar-refractivity contribution is -0.146. The third kappa shape index (κ3) is 3.41. The second kappa shape index (κ2) is 6.41. The highest BCUT2D eigenvalue weighted by Crippen LogP contribution is 2.21. The minimum atomic E-state index is -1.11. The number of aliphatic hydroxyl groups is 1. The number of nitrogens with zero attached hydrogens (tertiary/aromatic N) is 1. The van der Waals surface area contributed by atoms with Gasteiger partial charge in [0.1, 0.15) is 11.8 Å². The van der Waals surface area contributed by atoms with E-state index in [1.807, 2.05) is 12.1 Å². The summed E-state index contributed by atoms with van der Waals surface area (Å²) in [6.45, 7) is 0.0338. The minimum Gasteiger partial charge on any atom is -0.496 e. The van der Waals surface area contributed by atoms with Crippen molar-refractivity contribution in [2.75, 3.05) is 13.7 Å². The quantitative estimate of drug-likeness (QED) is 0.800. The van der Waals surface area contributed by atoms with Gasteiger partial charge in [0.2, 0.25) is 5.91 Å². The fourth-order valence-corrected chi connectivity index (χ4v) is 2.35. The summed E-state index contributed by atoms with van der Waals surface area (Å²) in [5.41, 5.74) is 0.722. The molecule has 1 heterocycles. The van der Waals surface area contributed by atoms with Crippen molar-refractivity contribution in [2.45, 2.75) is 18.6 Å². The lowest BCUT2D eigenvalue weighted by Crippen LogP contribution is -2.39. The van der Waals surface area contributed by atoms with Gasteiger partial charge in [0.15, 0.2) is 0 Å². The van der Waals surface area contributed by atoms with Gasteiger partial charge >= 0.3 is 5.97 Å². The molecule has 2 atom stereocenters. The molecule has 1 aromatic carbocycles. The first-order valence-electron chi connectivity index (χ1n) is 6.55. The van der Waals surface area contributed by atoms with E-state index in [1.165, 1.54) is 18.1 Å². The first-order chi connectivity index (χ1) is 10.0. The van der Waals surface area contributed by atoms with Crippen LogP contribution in [0.25, 0.3) is 6.08 Å². The maximum atomic E-state index is 12.1. The first kappa shape index (κ1) is 15.1. The van der Waals surface area contributed by atoms with E-state index in [4.69, 9.17) is 9.84 Å². The van der Waals surface area contributed by atoms with Gasteiger partial charge in [0, 0.05) is 24.6 Å². The van der Waals surface area contributed by atoms with Gasteiger partial charge in [-0.2, -0.15) is 0 Å². The average Bonchev–Trinajstić information content (AvgIpc) is 2.87. The molecule has 6 nitrogen and oxygen atoms in total. The van der Waals surface area contributed by atoms with Gasteiger partial charge in [-0.15, -0.1) is 0 Å². The number of hydrogen-bond donors (Lipinski definition) is 2. The summed E-state index contributed by atoms with van der Waals surface area (Å²) in [5.74, 6) is -0.923. The Morgan fingerprint density at radius 2 is 2.10 bits per heavy atom. The number of aliphatic carboxylic acids is 1. The number of methoxy groups -OCH3 is 1. The number of likely N-dealkylation sites (tertiary alicyclic amines) is 1. The molecule has 1 saturated heterocycles. The number of carboxylic acids is 1. The summed E-state index contributed by atoms with van der Waals surface area (Å²) in [6, 6.07) is 6.21. The lowest BCUT2D eigenvalue weighted by atomic mass is 10.2. The molecule has 1 fully saturated rings. The molecule has 1 aliphatic heterocycles. The molecular formula is C15H17NO5. The number of carboxylic acid groups (broad SMARTS) is 1. The summed E-state index contributed by atoms with van der Waals surface area (Å²) < 4.78 is 5.17. The molecule has 1 amide bonds. The Balaban J connectivity index is 2.13. The normalized spacial score (nSPS) is 21.7. The number of rotatable bonds is 4. The number of aliphatic hydroxyl groups excluding tert-OH is 1. The SMILES string of the molecule is COc1ccccc1C=CC(=O)N1C[C@H](O)C[C@@H]1C(=O)O. The number of carbonyl (C=O) groups is 2. The van der Waals surface area contributed by atoms with Gasteiger partial charge in [-0.3, -0.25) is 4.79 Å². The van der Waals surface area contributed by atoms with Crippen molar-refractivity contribution in [1.82, 2.24) is 4.90 Å². The molecule has 2 rings (SSSR count). The van der Waals surface area contributed by atoms with Gasteiger partial charge in [0.05, 0.1) is 13.2 Å². The first-order valence-corrected chi connectivity index (χ1v) is 6.55. The Bertz CT molecular complexity index is 569. The van der Waals surface area contributed by atoms with Crippen molar-refractivity contribution < 1.29 is 24.5 Å². The highest BCUT2D eigenvalue weighted by atomic mass is 16.5. The Hall–Kier alpha value is -2.34. The van der Waals surface area contributed by atoms with Crippen LogP contribution in [0.4, 0.5) is 0 Å². The average molecular weight is 291 g/mol. The van der Waals surface area contributed by atoms with Crippen LogP contribution < -0.4 is 4.74 Å². The van der Waals surface area contributed by atoms with Gasteiger partial charge in [-0.1, -0.05) is 18.2 Å². The molecule has 0 aromatic heterocycles. The number of amides is 1. The van der Waals surface area contributed by atoms with E-state index in [0.717, 1.165) is 5.56 Å². The molecule has 1 aliphatic rings. The number of ether oxygens (including phenoxy) is 1. The standard InChI is InChI=1S/C15H17NO5/c1-21-13-5-3-2-4-10(13)6-7-14(18)16-9-11(17)8-12(16)15(19)20/h2-7,11-12,17H,8-9H2,1H3,(H,19,20)/t11-,12-/m1/s1. The van der Waals surface area contributed by atoms with Gasteiger partial charge < -0.3 is 19.8 Å². The highest BCUT2D eigenvalue weighted by molar-refractivity contribution is 5.95. The van der Waals surface area contributed by atoms with Crippen LogP contribution >= 0.6 is 0 Å². The zero-order valence-electron chi connectivity index (χ0n) is 11.6. The highest BCUT2D eigenvalue weighted by Gasteiger charge is 2.37. The fraction of sp³-hybridized carbons (Fsp3) is 0.333. The number of carbonyl (C=O) groups excluding carboxylic acids is 1. The van der Waals surface area contributed by atoms with Crippen molar-refractivity contribution in [2.24, 2.45) is 0 Å². The van der Waals surface area contributed by atoms with E-state index in [2.05, 4.69) is 0 Å². The molecule has 0 spiro atoms. The third-order valence-electron chi connectivity index (χ3n) is 3.39. The maximum Gasteiger partial charge on any atom is 0.326 e. The van der Waals surface area contributed by atoms with Crippen LogP contribution in [0.15, 0.2) is 30.3 Å². The van der Waals surface area contributed by atoms with Gasteiger partial charge in [0.25, 0.3) is 0 Å². The lowest BCUT2D eigenvalue weighted by Gasteiger charge is -2.19. The van der Waals surface area contributed by atoms with Crippen LogP contribution in [0.3, 0.4) is 0 Å². The zero-order valence-corrected chi connectivity index (χ0v) is 11.6. The van der Waals surface area contributed by atoms with Crippen LogP contribution in [0, 0.1) is 0 Å². The van der Waals surface area contributed by atoms with E-state index >= 15 is 0 Å². The van der Waals surface area contributed by atoms with Crippen molar-refractivity contribution in [3.8, 4) is 5.75 Å². The van der Waals surface area contributed by atoms with Crippen LogP contribution in [0.1, 0.15) is 12.0 Å². The largest absolute Gasteiger partial charge is 0.496 e. The van der Waals surface area contributed by atoms with Crippen molar-refractivity contribution >= 4 is 18.0 Å². The van der Waals surface area contributed by atoms with E-state index < -0.39 is 24.0 Å². The Morgan fingerprint density at radius 3 is 2.76 bits per heavy atom. The molecule has 0 aliphatic carbocycles. The monoisotopic (exact) mass is 291 g/mol. The van der Waals surface area contributed by atoms with Crippen molar-refractivity contribution in [1.29, 1.82) is 0 Å². The zero-order chi connectivity index (χ0) is 15.4. The molecule has 0 saturated carbocycles. The van der Waals surface area contributed by atoms with Crippen LogP contribution in [0.2, 0.25) is 0 Å². The third-order valence-corrected chi connectivity index (χ3v) is 3.39. The summed E-state index contributed by atoms with van der Waals surface area (Å²) in [6.07, 6.45) is 2.13. The molecular weight excluding hydrogens is 274 g/mol. The van der Waals surface area contributed by atoms with E-state index in [-0.39, 0.29) is 13.0 Å². The summed E-state index contributed by atoms with van der Waals surface area (Å²) in [5, 5.41) is 18.6. The van der Waals surface area contributed by atoms with Crippen LogP contribution in [0.5, 0.6) is 5.75 Å². The van der Waals surface area contributed by atoms with Crippen LogP contribution in [-0.4, -0.2) is 52.8 Å². The smallest absolute Gasteiger partial charge is 0.326 e. The predicted octanol–water partition coefficient (Wildman–Crippen LogP) is 0.755. The molecule has 2 N–H and O–H groups in total. The number of para-hydroxylation sites is 1. The Kier molecular flexibility index (Phi) is 4.59. The Morgan fingerprint density at radius 1 is 1.38 bits per heavy atom. The van der Waals surface area contributed by atoms with E-state index in [1.54, 1.807) is 18.2 Å². The van der Waals surface area contributed by atoms with Crippen molar-refractivity contribution in [3.05, 3.63) is 35.9 Å². The van der Waals surface area contributed by atoms with E-state index in [9.17, 15) is 14.7 Å².